The van der Waals surface area contributed by atoms with Gasteiger partial charge >= 0.3 is 0 Å². The molecule has 1 rings (SSSR count). The fraction of sp³-hybridized carbons (Fsp3) is 0.400. The Morgan fingerprint density at radius 1 is 1.64 bits per heavy atom. The van der Waals surface area contributed by atoms with Crippen LogP contribution in [-0.4, -0.2) is 0 Å². The van der Waals surface area contributed by atoms with Crippen LogP contribution < -0.4 is 5.73 Å². The van der Waals surface area contributed by atoms with E-state index in [1.165, 1.54) is 0 Å². The molecule has 0 radical (unpaired) electrons. The minimum atomic E-state index is 0.398. The molecule has 0 aliphatic heterocycles. The number of hydrogen-bond donors (Lipinski definition) is 1. The molecule has 0 fully saturated rings. The van der Waals surface area contributed by atoms with Crippen molar-refractivity contribution in [2.75, 3.05) is 0 Å². The lowest BCUT2D eigenvalue weighted by atomic mass is 9.94. The van der Waals surface area contributed by atoms with Gasteiger partial charge in [0.05, 0.1) is 0 Å². The van der Waals surface area contributed by atoms with E-state index in [0.29, 0.717) is 5.92 Å². The van der Waals surface area contributed by atoms with Gasteiger partial charge in [0.2, 0.25) is 0 Å². The molecule has 1 atom stereocenters. The largest absolute Gasteiger partial charge is 0.402 e. The molecule has 11 heavy (non-hydrogen) atoms. The maximum absolute atomic E-state index is 5.77. The third kappa shape index (κ3) is 1.23. The lowest BCUT2D eigenvalue weighted by molar-refractivity contribution is 0.753. The lowest BCUT2D eigenvalue weighted by Crippen LogP contribution is -2.00. The Balaban J connectivity index is 2.87. The Hall–Kier alpha value is -0.980. The topological polar surface area (TPSA) is 26.0 Å². The monoisotopic (exact) mass is 149 g/mol. The summed E-state index contributed by atoms with van der Waals surface area (Å²) in [6, 6.07) is 0. The van der Waals surface area contributed by atoms with Gasteiger partial charge in [-0.3, -0.25) is 0 Å². The van der Waals surface area contributed by atoms with Crippen LogP contribution in [0.2, 0.25) is 0 Å². The summed E-state index contributed by atoms with van der Waals surface area (Å²) in [7, 11) is 0. The second-order valence-electron chi connectivity index (χ2n) is 3.28. The minimum absolute atomic E-state index is 0.398. The third-order valence-electron chi connectivity index (χ3n) is 2.40. The highest BCUT2D eigenvalue weighted by Gasteiger charge is 2.23. The van der Waals surface area contributed by atoms with Gasteiger partial charge in [-0.05, 0) is 31.4 Å². The molecule has 0 aromatic rings. The maximum atomic E-state index is 5.77. The molecule has 2 N–H and O–H groups in total. The van der Waals surface area contributed by atoms with Gasteiger partial charge in [0.1, 0.15) is 0 Å². The Bertz CT molecular complexity index is 246. The van der Waals surface area contributed by atoms with Crippen LogP contribution in [0.25, 0.3) is 0 Å². The van der Waals surface area contributed by atoms with Crippen LogP contribution >= 0.6 is 0 Å². The summed E-state index contributed by atoms with van der Waals surface area (Å²) < 4.78 is 0. The van der Waals surface area contributed by atoms with E-state index >= 15 is 0 Å². The molecule has 0 aromatic heterocycles. The van der Waals surface area contributed by atoms with Gasteiger partial charge in [0, 0.05) is 11.6 Å². The van der Waals surface area contributed by atoms with Crippen molar-refractivity contribution >= 4 is 0 Å². The Labute approximate surface area is 68.3 Å². The van der Waals surface area contributed by atoms with Crippen molar-refractivity contribution in [1.82, 2.24) is 0 Å². The second kappa shape index (κ2) is 2.57. The van der Waals surface area contributed by atoms with Crippen molar-refractivity contribution in [2.45, 2.75) is 20.3 Å². The van der Waals surface area contributed by atoms with Crippen LogP contribution in [0.4, 0.5) is 0 Å². The zero-order valence-electron chi connectivity index (χ0n) is 7.28. The predicted molar refractivity (Wildman–Crippen MR) is 48.9 cm³/mol. The standard InChI is InChI=1S/C10H15N/c1-6(2)9-5-10(11)8(4)7(9)3/h9H,1,3,5,11H2,2,4H3. The number of rotatable bonds is 1. The van der Waals surface area contributed by atoms with E-state index in [-0.39, 0.29) is 0 Å². The fourth-order valence-corrected chi connectivity index (χ4v) is 1.44. The molecule has 1 aliphatic carbocycles. The van der Waals surface area contributed by atoms with Crippen molar-refractivity contribution in [3.63, 3.8) is 0 Å². The maximum Gasteiger partial charge on any atom is 0.0122 e. The van der Waals surface area contributed by atoms with Gasteiger partial charge in [-0.2, -0.15) is 0 Å². The molecule has 1 heteroatoms. The summed E-state index contributed by atoms with van der Waals surface area (Å²) >= 11 is 0. The molecule has 0 aromatic carbocycles. The van der Waals surface area contributed by atoms with E-state index in [9.17, 15) is 0 Å². The lowest BCUT2D eigenvalue weighted by Gasteiger charge is -2.10. The molecule has 0 bridgehead atoms. The third-order valence-corrected chi connectivity index (χ3v) is 2.40. The molecule has 0 spiro atoms. The zero-order valence-corrected chi connectivity index (χ0v) is 7.28. The second-order valence-corrected chi connectivity index (χ2v) is 3.28. The van der Waals surface area contributed by atoms with Gasteiger partial charge in [0.25, 0.3) is 0 Å². The first-order chi connectivity index (χ1) is 5.04. The van der Waals surface area contributed by atoms with Crippen molar-refractivity contribution < 1.29 is 0 Å². The first kappa shape index (κ1) is 8.12. The molecule has 1 unspecified atom stereocenters. The van der Waals surface area contributed by atoms with Crippen LogP contribution in [0.1, 0.15) is 20.3 Å². The Kier molecular flexibility index (Phi) is 1.90. The molecule has 1 nitrogen and oxygen atoms in total. The molecule has 60 valence electrons. The summed E-state index contributed by atoms with van der Waals surface area (Å²) in [5, 5.41) is 0. The van der Waals surface area contributed by atoms with E-state index < -0.39 is 0 Å². The van der Waals surface area contributed by atoms with E-state index in [4.69, 9.17) is 5.73 Å². The smallest absolute Gasteiger partial charge is 0.0122 e. The highest BCUT2D eigenvalue weighted by atomic mass is 14.6. The van der Waals surface area contributed by atoms with Crippen molar-refractivity contribution in [3.8, 4) is 0 Å². The van der Waals surface area contributed by atoms with E-state index in [2.05, 4.69) is 13.2 Å². The van der Waals surface area contributed by atoms with Gasteiger partial charge in [-0.15, -0.1) is 0 Å². The van der Waals surface area contributed by atoms with Crippen molar-refractivity contribution in [2.24, 2.45) is 11.7 Å². The minimum Gasteiger partial charge on any atom is -0.402 e. The highest BCUT2D eigenvalue weighted by molar-refractivity contribution is 5.42. The molecule has 1 aliphatic rings. The van der Waals surface area contributed by atoms with Crippen LogP contribution in [0.5, 0.6) is 0 Å². The van der Waals surface area contributed by atoms with Crippen molar-refractivity contribution in [3.05, 3.63) is 35.6 Å². The van der Waals surface area contributed by atoms with Gasteiger partial charge in [-0.1, -0.05) is 18.7 Å². The zero-order chi connectivity index (χ0) is 8.59. The molecular weight excluding hydrogens is 134 g/mol. The first-order valence-electron chi connectivity index (χ1n) is 3.83. The van der Waals surface area contributed by atoms with Gasteiger partial charge in [0.15, 0.2) is 0 Å². The number of allylic oxidation sites excluding steroid dienone is 4. The summed E-state index contributed by atoms with van der Waals surface area (Å²) in [5.41, 5.74) is 10.2. The Morgan fingerprint density at radius 3 is 2.36 bits per heavy atom. The van der Waals surface area contributed by atoms with E-state index in [1.54, 1.807) is 0 Å². The molecule has 0 saturated carbocycles. The highest BCUT2D eigenvalue weighted by Crippen LogP contribution is 2.36. The summed E-state index contributed by atoms with van der Waals surface area (Å²) in [6.45, 7) is 12.0. The van der Waals surface area contributed by atoms with E-state index in [0.717, 1.165) is 28.8 Å². The summed E-state index contributed by atoms with van der Waals surface area (Å²) in [4.78, 5) is 0. The average molecular weight is 149 g/mol. The van der Waals surface area contributed by atoms with Crippen LogP contribution in [0.3, 0.4) is 0 Å². The molecule has 0 heterocycles. The van der Waals surface area contributed by atoms with Crippen LogP contribution in [-0.2, 0) is 0 Å². The normalized spacial score (nSPS) is 24.5. The Morgan fingerprint density at radius 2 is 2.18 bits per heavy atom. The molecule has 0 amide bonds. The van der Waals surface area contributed by atoms with Gasteiger partial charge in [-0.25, -0.2) is 0 Å². The first-order valence-corrected chi connectivity index (χ1v) is 3.83. The summed E-state index contributed by atoms with van der Waals surface area (Å²) in [5.74, 6) is 0.398. The van der Waals surface area contributed by atoms with E-state index in [1.807, 2.05) is 13.8 Å². The fourth-order valence-electron chi connectivity index (χ4n) is 1.44. The molecule has 0 saturated heterocycles. The van der Waals surface area contributed by atoms with Gasteiger partial charge < -0.3 is 5.73 Å². The predicted octanol–water partition coefficient (Wildman–Crippen LogP) is 2.37. The summed E-state index contributed by atoms with van der Waals surface area (Å²) in [6.07, 6.45) is 0.917. The number of nitrogens with two attached hydrogens (primary N) is 1. The quantitative estimate of drug-likeness (QED) is 0.569. The van der Waals surface area contributed by atoms with Crippen molar-refractivity contribution in [1.29, 1.82) is 0 Å². The van der Waals surface area contributed by atoms with Crippen LogP contribution in [0, 0.1) is 5.92 Å². The average Bonchev–Trinajstić information content (AvgIpc) is 2.17. The molecular formula is C10H15N. The SMILES string of the molecule is C=C(C)C1CC(N)=C(C)C1=C. The number of hydrogen-bond acceptors (Lipinski definition) is 1. The van der Waals surface area contributed by atoms with Crippen LogP contribution in [0.15, 0.2) is 35.6 Å².